The van der Waals surface area contributed by atoms with Crippen LogP contribution in [0.15, 0.2) is 55.1 Å². The van der Waals surface area contributed by atoms with Crippen LogP contribution in [0.25, 0.3) is 22.2 Å². The minimum absolute atomic E-state index is 0.000383. The number of hydrogen-bond donors (Lipinski definition) is 1. The van der Waals surface area contributed by atoms with Crippen molar-refractivity contribution in [3.8, 4) is 11.1 Å². The van der Waals surface area contributed by atoms with E-state index in [1.165, 1.54) is 23.4 Å². The van der Waals surface area contributed by atoms with Gasteiger partial charge in [0.05, 0.1) is 41.1 Å². The summed E-state index contributed by atoms with van der Waals surface area (Å²) in [6, 6.07) is 7.57. The number of aromatic amines is 1. The lowest BCUT2D eigenvalue weighted by Crippen LogP contribution is -2.56. The van der Waals surface area contributed by atoms with Gasteiger partial charge in [0.1, 0.15) is 0 Å². The number of anilines is 1. The summed E-state index contributed by atoms with van der Waals surface area (Å²) in [4.78, 5) is 21.6. The van der Waals surface area contributed by atoms with Gasteiger partial charge < -0.3 is 9.88 Å². The number of hydrogen-bond acceptors (Lipinski definition) is 3. The zero-order valence-corrected chi connectivity index (χ0v) is 18.3. The lowest BCUT2D eigenvalue weighted by atomic mass is 9.76. The number of carbonyl (C=O) groups is 1. The summed E-state index contributed by atoms with van der Waals surface area (Å²) < 4.78 is 81.4. The summed E-state index contributed by atoms with van der Waals surface area (Å²) >= 11 is 0. The summed E-state index contributed by atoms with van der Waals surface area (Å²) in [7, 11) is 0. The first-order chi connectivity index (χ1) is 17.0. The second-order valence-electron chi connectivity index (χ2n) is 9.06. The van der Waals surface area contributed by atoms with Gasteiger partial charge in [-0.3, -0.25) is 4.79 Å². The van der Waals surface area contributed by atoms with Gasteiger partial charge >= 0.3 is 12.5 Å². The second kappa shape index (κ2) is 7.58. The van der Waals surface area contributed by atoms with Gasteiger partial charge in [0, 0.05) is 17.4 Å². The Balaban J connectivity index is 1.45. The summed E-state index contributed by atoms with van der Waals surface area (Å²) in [5, 5.41) is 3.22. The van der Waals surface area contributed by atoms with Crippen LogP contribution in [-0.4, -0.2) is 25.7 Å². The van der Waals surface area contributed by atoms with E-state index in [2.05, 4.69) is 15.1 Å². The normalized spacial score (nSPS) is 20.7. The lowest BCUT2D eigenvalue weighted by Gasteiger charge is -2.48. The molecule has 1 unspecified atom stereocenters. The number of halogens is 6. The number of rotatable bonds is 4. The van der Waals surface area contributed by atoms with Gasteiger partial charge in [-0.05, 0) is 54.2 Å². The van der Waals surface area contributed by atoms with Crippen LogP contribution in [0.1, 0.15) is 30.0 Å². The van der Waals surface area contributed by atoms with Crippen LogP contribution >= 0.6 is 0 Å². The van der Waals surface area contributed by atoms with Crippen molar-refractivity contribution in [2.75, 3.05) is 4.90 Å². The SMILES string of the molecule is O=C1C(C2CC2)[C@H](c2ccc(-c3cnn(C(F)(F)F)c3)cc2C(F)(F)F)N1c1ccc2nc[nH]c2c1. The second-order valence-corrected chi connectivity index (χ2v) is 9.06. The standard InChI is InChI=1S/C24H17F6N5O/c25-23(26,27)17-7-13(14-9-33-34(10-14)24(28,29)30)3-5-16(17)21-20(12-1-2-12)22(36)35(21)15-4-6-18-19(8-15)32-11-31-18/h3-12,20-21H,1-2H2,(H,31,32)/t20?,21-/m0/s1. The number of nitrogens with one attached hydrogen (secondary N) is 1. The first-order valence-corrected chi connectivity index (χ1v) is 11.1. The third kappa shape index (κ3) is 3.62. The van der Waals surface area contributed by atoms with Crippen molar-refractivity contribution in [3.63, 3.8) is 0 Å². The molecule has 36 heavy (non-hydrogen) atoms. The third-order valence-corrected chi connectivity index (χ3v) is 6.81. The van der Waals surface area contributed by atoms with E-state index >= 15 is 0 Å². The summed E-state index contributed by atoms with van der Waals surface area (Å²) in [5.41, 5.74) is 0.507. The highest BCUT2D eigenvalue weighted by atomic mass is 19.4. The zero-order valence-electron chi connectivity index (χ0n) is 18.3. The maximum atomic E-state index is 14.3. The Morgan fingerprint density at radius 3 is 2.42 bits per heavy atom. The molecular weight excluding hydrogens is 488 g/mol. The molecule has 6 nitrogen and oxygen atoms in total. The molecule has 2 aromatic heterocycles. The molecule has 1 N–H and O–H groups in total. The minimum Gasteiger partial charge on any atom is -0.345 e. The quantitative estimate of drug-likeness (QED) is 0.272. The molecule has 2 aromatic carbocycles. The maximum absolute atomic E-state index is 14.3. The molecule has 1 saturated heterocycles. The zero-order chi connectivity index (χ0) is 25.4. The fourth-order valence-corrected chi connectivity index (χ4v) is 4.97. The van der Waals surface area contributed by atoms with E-state index < -0.39 is 30.0 Å². The molecule has 0 radical (unpaired) electrons. The van der Waals surface area contributed by atoms with Crippen molar-refractivity contribution in [2.24, 2.45) is 11.8 Å². The molecule has 4 aromatic rings. The Kier molecular flexibility index (Phi) is 4.76. The third-order valence-electron chi connectivity index (χ3n) is 6.81. The number of fused-ring (bicyclic) bond motifs is 1. The fraction of sp³-hybridized carbons (Fsp3) is 0.292. The van der Waals surface area contributed by atoms with Crippen molar-refractivity contribution in [3.05, 3.63) is 66.2 Å². The first kappa shape index (κ1) is 22.6. The van der Waals surface area contributed by atoms with Gasteiger partial charge in [0.2, 0.25) is 5.91 Å². The van der Waals surface area contributed by atoms with Gasteiger partial charge in [0.25, 0.3) is 0 Å². The van der Waals surface area contributed by atoms with Crippen LogP contribution in [0, 0.1) is 11.8 Å². The Bertz CT molecular complexity index is 1480. The van der Waals surface area contributed by atoms with Crippen LogP contribution in [-0.2, 0) is 17.3 Å². The summed E-state index contributed by atoms with van der Waals surface area (Å²) in [6.07, 6.45) is -5.07. The van der Waals surface area contributed by atoms with E-state index in [-0.39, 0.29) is 33.2 Å². The molecule has 2 aliphatic rings. The van der Waals surface area contributed by atoms with Gasteiger partial charge in [0.15, 0.2) is 0 Å². The molecule has 6 rings (SSSR count). The average molecular weight is 505 g/mol. The highest BCUT2D eigenvalue weighted by Crippen LogP contribution is 2.56. The Labute approximate surface area is 199 Å². The highest BCUT2D eigenvalue weighted by molar-refractivity contribution is 6.04. The first-order valence-electron chi connectivity index (χ1n) is 11.1. The lowest BCUT2D eigenvalue weighted by molar-refractivity contribution is -0.212. The number of alkyl halides is 6. The maximum Gasteiger partial charge on any atom is 0.504 e. The van der Waals surface area contributed by atoms with Crippen LogP contribution < -0.4 is 4.90 Å². The largest absolute Gasteiger partial charge is 0.504 e. The molecule has 1 saturated carbocycles. The minimum atomic E-state index is -4.79. The van der Waals surface area contributed by atoms with E-state index in [0.717, 1.165) is 25.1 Å². The van der Waals surface area contributed by atoms with Gasteiger partial charge in [-0.25, -0.2) is 4.98 Å². The Morgan fingerprint density at radius 2 is 1.75 bits per heavy atom. The molecular formula is C24H17F6N5O. The van der Waals surface area contributed by atoms with Crippen molar-refractivity contribution < 1.29 is 31.1 Å². The molecule has 1 aliphatic heterocycles. The topological polar surface area (TPSA) is 66.8 Å². The van der Waals surface area contributed by atoms with Crippen LogP contribution in [0.2, 0.25) is 0 Å². The monoisotopic (exact) mass is 505 g/mol. The number of benzene rings is 2. The van der Waals surface area contributed by atoms with E-state index in [4.69, 9.17) is 0 Å². The van der Waals surface area contributed by atoms with Crippen LogP contribution in [0.4, 0.5) is 32.0 Å². The van der Waals surface area contributed by atoms with Crippen molar-refractivity contribution in [1.29, 1.82) is 0 Å². The summed E-state index contributed by atoms with van der Waals surface area (Å²) in [5.74, 6) is -0.840. The molecule has 2 fully saturated rings. The molecule has 2 atom stereocenters. The number of amides is 1. The molecule has 12 heteroatoms. The number of nitrogens with zero attached hydrogens (tertiary/aromatic N) is 4. The Morgan fingerprint density at radius 1 is 0.972 bits per heavy atom. The number of imidazole rings is 1. The molecule has 3 heterocycles. The summed E-state index contributed by atoms with van der Waals surface area (Å²) in [6.45, 7) is 0. The highest BCUT2D eigenvalue weighted by Gasteiger charge is 2.56. The Hall–Kier alpha value is -3.83. The van der Waals surface area contributed by atoms with E-state index in [9.17, 15) is 31.1 Å². The molecule has 186 valence electrons. The number of β-lactam (4-membered cyclic amide) rings is 1. The van der Waals surface area contributed by atoms with E-state index in [1.54, 1.807) is 18.2 Å². The smallest absolute Gasteiger partial charge is 0.345 e. The average Bonchev–Trinajstić information content (AvgIpc) is 3.30. The molecule has 1 aliphatic carbocycles. The predicted octanol–water partition coefficient (Wildman–Crippen LogP) is 6.04. The van der Waals surface area contributed by atoms with Gasteiger partial charge in [-0.2, -0.15) is 23.0 Å². The van der Waals surface area contributed by atoms with Crippen LogP contribution in [0.3, 0.4) is 0 Å². The molecule has 0 spiro atoms. The van der Waals surface area contributed by atoms with E-state index in [1.807, 2.05) is 0 Å². The van der Waals surface area contributed by atoms with Crippen molar-refractivity contribution in [1.82, 2.24) is 19.7 Å². The van der Waals surface area contributed by atoms with Crippen molar-refractivity contribution >= 4 is 22.6 Å². The fourth-order valence-electron chi connectivity index (χ4n) is 4.97. The van der Waals surface area contributed by atoms with Crippen LogP contribution in [0.5, 0.6) is 0 Å². The number of aromatic nitrogens is 4. The number of carbonyl (C=O) groups excluding carboxylic acids is 1. The van der Waals surface area contributed by atoms with Gasteiger partial charge in [-0.15, -0.1) is 13.2 Å². The molecule has 1 amide bonds. The predicted molar refractivity (Wildman–Crippen MR) is 116 cm³/mol. The van der Waals surface area contributed by atoms with Gasteiger partial charge in [-0.1, -0.05) is 12.1 Å². The van der Waals surface area contributed by atoms with E-state index in [0.29, 0.717) is 22.9 Å². The van der Waals surface area contributed by atoms with Crippen molar-refractivity contribution in [2.45, 2.75) is 31.4 Å². The molecule has 0 bridgehead atoms. The number of H-pyrrole nitrogens is 1.